The number of benzene rings is 3. The summed E-state index contributed by atoms with van der Waals surface area (Å²) in [5.74, 6) is 0. The number of fused-ring (bicyclic) bond motifs is 1. The average molecular weight is 354 g/mol. The summed E-state index contributed by atoms with van der Waals surface area (Å²) in [4.78, 5) is 0. The predicted molar refractivity (Wildman–Crippen MR) is 103 cm³/mol. The minimum absolute atomic E-state index is 0.343. The molecule has 0 bridgehead atoms. The van der Waals surface area contributed by atoms with Crippen LogP contribution >= 0.6 is 7.60 Å². The number of rotatable bonds is 6. The van der Waals surface area contributed by atoms with Gasteiger partial charge in [0.15, 0.2) is 0 Å². The van der Waals surface area contributed by atoms with Crippen LogP contribution in [0.25, 0.3) is 10.8 Å². The smallest absolute Gasteiger partial charge is 0.312 e. The first-order chi connectivity index (χ1) is 12.1. The maximum absolute atomic E-state index is 13.2. The van der Waals surface area contributed by atoms with Crippen LogP contribution in [-0.4, -0.2) is 14.2 Å². The van der Waals surface area contributed by atoms with E-state index in [1.165, 1.54) is 25.0 Å². The summed E-state index contributed by atoms with van der Waals surface area (Å²) in [6.45, 7) is 2.04. The number of hydrogen-bond acceptors (Lipinski definition) is 3. The van der Waals surface area contributed by atoms with Crippen molar-refractivity contribution in [2.24, 2.45) is 0 Å². The van der Waals surface area contributed by atoms with Gasteiger partial charge in [0.05, 0.1) is 5.66 Å². The predicted octanol–water partition coefficient (Wildman–Crippen LogP) is 5.92. The van der Waals surface area contributed by atoms with Crippen molar-refractivity contribution in [1.29, 1.82) is 0 Å². The molecule has 4 heteroatoms. The summed E-state index contributed by atoms with van der Waals surface area (Å²) < 4.78 is 23.8. The van der Waals surface area contributed by atoms with Crippen molar-refractivity contribution in [3.05, 3.63) is 83.4 Å². The van der Waals surface area contributed by atoms with E-state index < -0.39 is 7.60 Å². The molecule has 0 aliphatic heterocycles. The summed E-state index contributed by atoms with van der Waals surface area (Å²) in [5, 5.41) is 2.37. The topological polar surface area (TPSA) is 35.5 Å². The third-order valence-corrected chi connectivity index (χ3v) is 6.86. The first-order valence-electron chi connectivity index (χ1n) is 8.31. The SMILES string of the molecule is COP(=O)(OC)C(Cc1ccc2ccccc2c1)c1ccc(C)cc1. The standard InChI is InChI=1S/C21H23O3P/c1-16-8-11-19(12-9-16)21(25(22,23-2)24-3)15-17-10-13-18-6-4-5-7-20(18)14-17/h4-14,21H,15H2,1-3H3. The minimum atomic E-state index is -3.25. The molecule has 0 aromatic heterocycles. The van der Waals surface area contributed by atoms with E-state index in [9.17, 15) is 4.57 Å². The van der Waals surface area contributed by atoms with Crippen molar-refractivity contribution in [3.63, 3.8) is 0 Å². The van der Waals surface area contributed by atoms with Gasteiger partial charge in [0, 0.05) is 14.2 Å². The summed E-state index contributed by atoms with van der Waals surface area (Å²) >= 11 is 0. The Morgan fingerprint density at radius 3 is 2.16 bits per heavy atom. The molecule has 0 saturated heterocycles. The highest BCUT2D eigenvalue weighted by Crippen LogP contribution is 2.61. The molecule has 130 valence electrons. The van der Waals surface area contributed by atoms with E-state index in [4.69, 9.17) is 9.05 Å². The summed E-state index contributed by atoms with van der Waals surface area (Å²) in [7, 11) is -0.354. The summed E-state index contributed by atoms with van der Waals surface area (Å²) in [5.41, 5.74) is 2.89. The van der Waals surface area contributed by atoms with Crippen molar-refractivity contribution in [3.8, 4) is 0 Å². The Morgan fingerprint density at radius 2 is 1.52 bits per heavy atom. The molecule has 3 nitrogen and oxygen atoms in total. The van der Waals surface area contributed by atoms with E-state index in [1.807, 2.05) is 43.3 Å². The zero-order valence-corrected chi connectivity index (χ0v) is 15.7. The van der Waals surface area contributed by atoms with Crippen molar-refractivity contribution < 1.29 is 13.6 Å². The van der Waals surface area contributed by atoms with Gasteiger partial charge >= 0.3 is 7.60 Å². The third-order valence-electron chi connectivity index (χ3n) is 4.60. The highest BCUT2D eigenvalue weighted by Gasteiger charge is 2.35. The van der Waals surface area contributed by atoms with Crippen LogP contribution in [0.4, 0.5) is 0 Å². The minimum Gasteiger partial charge on any atom is -0.312 e. The molecule has 0 spiro atoms. The van der Waals surface area contributed by atoms with E-state index in [2.05, 4.69) is 30.3 Å². The van der Waals surface area contributed by atoms with Gasteiger partial charge in [0.25, 0.3) is 0 Å². The Hall–Kier alpha value is -1.93. The Bertz CT molecular complexity index is 894. The quantitative estimate of drug-likeness (QED) is 0.516. The molecule has 0 heterocycles. The van der Waals surface area contributed by atoms with Crippen molar-refractivity contribution in [2.45, 2.75) is 19.0 Å². The van der Waals surface area contributed by atoms with Crippen molar-refractivity contribution >= 4 is 18.4 Å². The third kappa shape index (κ3) is 3.85. The lowest BCUT2D eigenvalue weighted by Gasteiger charge is -2.25. The second-order valence-corrected chi connectivity index (χ2v) is 8.65. The van der Waals surface area contributed by atoms with E-state index >= 15 is 0 Å². The van der Waals surface area contributed by atoms with Gasteiger partial charge in [-0.1, -0.05) is 72.3 Å². The fourth-order valence-corrected chi connectivity index (χ4v) is 4.75. The molecule has 0 radical (unpaired) electrons. The van der Waals surface area contributed by atoms with Gasteiger partial charge in [-0.05, 0) is 35.2 Å². The molecular weight excluding hydrogens is 331 g/mol. The Morgan fingerprint density at radius 1 is 0.880 bits per heavy atom. The van der Waals surface area contributed by atoms with Crippen LogP contribution in [0, 0.1) is 6.92 Å². The van der Waals surface area contributed by atoms with E-state index in [-0.39, 0.29) is 5.66 Å². The van der Waals surface area contributed by atoms with Crippen LogP contribution in [0.15, 0.2) is 66.7 Å². The van der Waals surface area contributed by atoms with Crippen molar-refractivity contribution in [2.75, 3.05) is 14.2 Å². The number of hydrogen-bond donors (Lipinski definition) is 0. The fraction of sp³-hybridized carbons (Fsp3) is 0.238. The Labute approximate surface area is 149 Å². The van der Waals surface area contributed by atoms with Gasteiger partial charge in [-0.25, -0.2) is 0 Å². The molecule has 0 aliphatic carbocycles. The van der Waals surface area contributed by atoms with Crippen LogP contribution in [0.3, 0.4) is 0 Å². The molecule has 0 aliphatic rings. The van der Waals surface area contributed by atoms with Gasteiger partial charge in [0.2, 0.25) is 0 Å². The van der Waals surface area contributed by atoms with Gasteiger partial charge in [-0.3, -0.25) is 4.57 Å². The maximum Gasteiger partial charge on any atom is 0.337 e. The molecule has 1 unspecified atom stereocenters. The van der Waals surface area contributed by atoms with Crippen LogP contribution in [0.5, 0.6) is 0 Å². The molecule has 0 saturated carbocycles. The van der Waals surface area contributed by atoms with Gasteiger partial charge in [-0.2, -0.15) is 0 Å². The van der Waals surface area contributed by atoms with Gasteiger partial charge < -0.3 is 9.05 Å². The highest BCUT2D eigenvalue weighted by atomic mass is 31.2. The maximum atomic E-state index is 13.2. The van der Waals surface area contributed by atoms with Gasteiger partial charge in [-0.15, -0.1) is 0 Å². The Balaban J connectivity index is 2.01. The molecule has 25 heavy (non-hydrogen) atoms. The number of aryl methyl sites for hydroxylation is 1. The van der Waals surface area contributed by atoms with Crippen LogP contribution in [0.2, 0.25) is 0 Å². The molecular formula is C21H23O3P. The second-order valence-electron chi connectivity index (χ2n) is 6.22. The highest BCUT2D eigenvalue weighted by molar-refractivity contribution is 7.54. The van der Waals surface area contributed by atoms with Gasteiger partial charge in [0.1, 0.15) is 0 Å². The molecule has 0 amide bonds. The average Bonchev–Trinajstić information content (AvgIpc) is 2.66. The monoisotopic (exact) mass is 354 g/mol. The molecule has 0 N–H and O–H groups in total. The normalized spacial score (nSPS) is 13.1. The molecule has 1 atom stereocenters. The van der Waals surface area contributed by atoms with Crippen LogP contribution < -0.4 is 0 Å². The Kier molecular flexibility index (Phi) is 5.39. The van der Waals surface area contributed by atoms with Crippen LogP contribution in [-0.2, 0) is 20.0 Å². The first-order valence-corrected chi connectivity index (χ1v) is 9.92. The lowest BCUT2D eigenvalue weighted by Crippen LogP contribution is -2.07. The zero-order chi connectivity index (χ0) is 17.9. The molecule has 3 aromatic carbocycles. The zero-order valence-electron chi connectivity index (χ0n) is 14.8. The lowest BCUT2D eigenvalue weighted by atomic mass is 10.00. The second kappa shape index (κ2) is 7.53. The van der Waals surface area contributed by atoms with E-state index in [0.29, 0.717) is 6.42 Å². The van der Waals surface area contributed by atoms with Crippen molar-refractivity contribution in [1.82, 2.24) is 0 Å². The molecule has 3 aromatic rings. The van der Waals surface area contributed by atoms with E-state index in [0.717, 1.165) is 16.7 Å². The molecule has 0 fully saturated rings. The first kappa shape index (κ1) is 17.9. The molecule has 3 rings (SSSR count). The summed E-state index contributed by atoms with van der Waals surface area (Å²) in [6, 6.07) is 22.6. The fourth-order valence-electron chi connectivity index (χ4n) is 3.12. The van der Waals surface area contributed by atoms with E-state index in [1.54, 1.807) is 0 Å². The summed E-state index contributed by atoms with van der Waals surface area (Å²) in [6.07, 6.45) is 0.590. The van der Waals surface area contributed by atoms with Crippen LogP contribution in [0.1, 0.15) is 22.3 Å². The largest absolute Gasteiger partial charge is 0.337 e. The lowest BCUT2D eigenvalue weighted by molar-refractivity contribution is 0.265.